The Morgan fingerprint density at radius 1 is 1.40 bits per heavy atom. The first-order valence-electron chi connectivity index (χ1n) is 8.35. The number of aromatic nitrogens is 2. The molecule has 0 fully saturated rings. The van der Waals surface area contributed by atoms with Crippen LogP contribution in [0.4, 0.5) is 0 Å². The Bertz CT molecular complexity index is 810. The Hall–Kier alpha value is -2.38. The van der Waals surface area contributed by atoms with Crippen molar-refractivity contribution in [3.63, 3.8) is 0 Å². The molecule has 4 heterocycles. The van der Waals surface area contributed by atoms with E-state index in [1.165, 1.54) is 4.88 Å². The normalized spacial score (nSPS) is 17.4. The van der Waals surface area contributed by atoms with Gasteiger partial charge >= 0.3 is 0 Å². The summed E-state index contributed by atoms with van der Waals surface area (Å²) in [4.78, 5) is 20.5. The third-order valence-electron chi connectivity index (χ3n) is 4.41. The first kappa shape index (κ1) is 16.1. The van der Waals surface area contributed by atoms with E-state index in [0.717, 1.165) is 24.4 Å². The molecule has 0 saturated heterocycles. The minimum Gasteiger partial charge on any atom is -0.468 e. The van der Waals surface area contributed by atoms with Gasteiger partial charge in [0.25, 0.3) is 0 Å². The lowest BCUT2D eigenvalue weighted by atomic mass is 10.1. The summed E-state index contributed by atoms with van der Waals surface area (Å²) in [6.07, 6.45) is 6.13. The third kappa shape index (κ3) is 3.67. The van der Waals surface area contributed by atoms with Crippen molar-refractivity contribution in [2.24, 2.45) is 0 Å². The maximum atomic E-state index is 12.7. The molecule has 0 unspecified atom stereocenters. The number of hydrogen-bond acceptors (Lipinski definition) is 5. The van der Waals surface area contributed by atoms with Crippen LogP contribution in [0.15, 0.2) is 52.9 Å². The second kappa shape index (κ2) is 7.25. The molecule has 0 spiro atoms. The van der Waals surface area contributed by atoms with Crippen LogP contribution >= 0.6 is 11.3 Å². The van der Waals surface area contributed by atoms with E-state index >= 15 is 0 Å². The molecule has 0 bridgehead atoms. The van der Waals surface area contributed by atoms with E-state index in [1.807, 2.05) is 29.0 Å². The second-order valence-electron chi connectivity index (χ2n) is 6.18. The van der Waals surface area contributed by atoms with E-state index < -0.39 is 0 Å². The van der Waals surface area contributed by atoms with Gasteiger partial charge in [-0.15, -0.1) is 11.3 Å². The fourth-order valence-electron chi connectivity index (χ4n) is 3.20. The first-order chi connectivity index (χ1) is 12.3. The minimum absolute atomic E-state index is 0.0416. The van der Waals surface area contributed by atoms with Gasteiger partial charge in [-0.2, -0.15) is 0 Å². The highest BCUT2D eigenvalue weighted by Crippen LogP contribution is 2.23. The minimum atomic E-state index is -0.260. The molecule has 0 aromatic carbocycles. The predicted octanol–water partition coefficient (Wildman–Crippen LogP) is 2.45. The zero-order chi connectivity index (χ0) is 17.1. The lowest BCUT2D eigenvalue weighted by molar-refractivity contribution is -0.125. The molecule has 1 aliphatic heterocycles. The zero-order valence-electron chi connectivity index (χ0n) is 13.8. The van der Waals surface area contributed by atoms with Gasteiger partial charge in [-0.1, -0.05) is 6.07 Å². The van der Waals surface area contributed by atoms with Crippen molar-refractivity contribution < 1.29 is 9.21 Å². The molecule has 3 aromatic heterocycles. The predicted molar refractivity (Wildman–Crippen MR) is 95.1 cm³/mol. The van der Waals surface area contributed by atoms with E-state index in [0.29, 0.717) is 19.6 Å². The summed E-state index contributed by atoms with van der Waals surface area (Å²) in [6.45, 7) is 2.75. The summed E-state index contributed by atoms with van der Waals surface area (Å²) >= 11 is 1.72. The number of furan rings is 1. The molecule has 1 atom stereocenters. The maximum absolute atomic E-state index is 12.7. The summed E-state index contributed by atoms with van der Waals surface area (Å²) in [5.74, 6) is 0.949. The Balaban J connectivity index is 1.41. The van der Waals surface area contributed by atoms with Crippen LogP contribution in [-0.2, 0) is 24.3 Å². The Morgan fingerprint density at radius 2 is 2.36 bits per heavy atom. The van der Waals surface area contributed by atoms with Crippen LogP contribution in [0.25, 0.3) is 0 Å². The number of carbonyl (C=O) groups is 1. The van der Waals surface area contributed by atoms with Crippen LogP contribution in [0.5, 0.6) is 0 Å². The van der Waals surface area contributed by atoms with Crippen molar-refractivity contribution in [2.45, 2.75) is 25.6 Å². The number of rotatable bonds is 6. The second-order valence-corrected chi connectivity index (χ2v) is 7.21. The monoisotopic (exact) mass is 356 g/mol. The van der Waals surface area contributed by atoms with Gasteiger partial charge in [0.1, 0.15) is 11.8 Å². The molecule has 4 rings (SSSR count). The zero-order valence-corrected chi connectivity index (χ0v) is 14.6. The largest absolute Gasteiger partial charge is 0.468 e. The molecule has 130 valence electrons. The highest BCUT2D eigenvalue weighted by molar-refractivity contribution is 7.09. The molecule has 0 aliphatic carbocycles. The summed E-state index contributed by atoms with van der Waals surface area (Å²) in [5.41, 5.74) is 1.05. The van der Waals surface area contributed by atoms with Gasteiger partial charge in [-0.05, 0) is 30.0 Å². The maximum Gasteiger partial charge on any atom is 0.244 e. The van der Waals surface area contributed by atoms with Crippen molar-refractivity contribution in [2.75, 3.05) is 13.1 Å². The molecular weight excluding hydrogens is 336 g/mol. The molecule has 0 saturated carbocycles. The van der Waals surface area contributed by atoms with Gasteiger partial charge in [0.2, 0.25) is 5.91 Å². The van der Waals surface area contributed by atoms with E-state index in [2.05, 4.69) is 26.6 Å². The van der Waals surface area contributed by atoms with E-state index in [1.54, 1.807) is 23.9 Å². The average molecular weight is 356 g/mol. The summed E-state index contributed by atoms with van der Waals surface area (Å²) in [6, 6.07) is 7.72. The number of carbonyl (C=O) groups excluding carboxylic acids is 1. The smallest absolute Gasteiger partial charge is 0.244 e. The van der Waals surface area contributed by atoms with Crippen LogP contribution in [0, 0.1) is 0 Å². The number of imidazole rings is 1. The molecule has 3 aromatic rings. The van der Waals surface area contributed by atoms with Gasteiger partial charge in [-0.3, -0.25) is 9.69 Å². The molecule has 0 radical (unpaired) electrons. The van der Waals surface area contributed by atoms with E-state index in [4.69, 9.17) is 4.42 Å². The van der Waals surface area contributed by atoms with Gasteiger partial charge < -0.3 is 14.3 Å². The van der Waals surface area contributed by atoms with Crippen molar-refractivity contribution in [1.29, 1.82) is 0 Å². The first-order valence-corrected chi connectivity index (χ1v) is 9.23. The van der Waals surface area contributed by atoms with Gasteiger partial charge in [0.15, 0.2) is 0 Å². The van der Waals surface area contributed by atoms with Gasteiger partial charge in [-0.25, -0.2) is 4.98 Å². The van der Waals surface area contributed by atoms with Crippen LogP contribution in [-0.4, -0.2) is 33.4 Å². The Kier molecular flexibility index (Phi) is 4.67. The Morgan fingerprint density at radius 3 is 3.16 bits per heavy atom. The fourth-order valence-corrected chi connectivity index (χ4v) is 3.90. The van der Waals surface area contributed by atoms with Gasteiger partial charge in [0.05, 0.1) is 24.8 Å². The van der Waals surface area contributed by atoms with E-state index in [-0.39, 0.29) is 11.9 Å². The van der Waals surface area contributed by atoms with Crippen molar-refractivity contribution >= 4 is 17.2 Å². The van der Waals surface area contributed by atoms with Gasteiger partial charge in [0, 0.05) is 30.7 Å². The molecule has 25 heavy (non-hydrogen) atoms. The SMILES string of the molecule is O=C(NCCc1cccs1)[C@@H]1CN(Cc2ccco2)Cc2cncn21. The lowest BCUT2D eigenvalue weighted by Crippen LogP contribution is -2.44. The summed E-state index contributed by atoms with van der Waals surface area (Å²) < 4.78 is 7.43. The van der Waals surface area contributed by atoms with Crippen LogP contribution in [0.1, 0.15) is 22.4 Å². The highest BCUT2D eigenvalue weighted by atomic mass is 32.1. The standard InChI is InChI=1S/C18H20N4O2S/c23-18(20-6-5-16-4-2-8-25-16)17-12-21(11-15-3-1-7-24-15)10-14-9-19-13-22(14)17/h1-4,7-9,13,17H,5-6,10-12H2,(H,20,23)/t17-/m0/s1. The highest BCUT2D eigenvalue weighted by Gasteiger charge is 2.30. The molecule has 6 nitrogen and oxygen atoms in total. The summed E-state index contributed by atoms with van der Waals surface area (Å²) in [5, 5.41) is 5.13. The summed E-state index contributed by atoms with van der Waals surface area (Å²) in [7, 11) is 0. The molecule has 1 amide bonds. The van der Waals surface area contributed by atoms with E-state index in [9.17, 15) is 4.79 Å². The number of nitrogens with one attached hydrogen (secondary N) is 1. The number of amides is 1. The van der Waals surface area contributed by atoms with Crippen molar-refractivity contribution in [3.8, 4) is 0 Å². The van der Waals surface area contributed by atoms with Crippen LogP contribution in [0.2, 0.25) is 0 Å². The van der Waals surface area contributed by atoms with Crippen LogP contribution < -0.4 is 5.32 Å². The topological polar surface area (TPSA) is 63.3 Å². The Labute approximate surface area is 150 Å². The number of hydrogen-bond donors (Lipinski definition) is 1. The number of fused-ring (bicyclic) bond motifs is 1. The lowest BCUT2D eigenvalue weighted by Gasteiger charge is -2.33. The fraction of sp³-hybridized carbons (Fsp3) is 0.333. The van der Waals surface area contributed by atoms with Crippen LogP contribution in [0.3, 0.4) is 0 Å². The van der Waals surface area contributed by atoms with Crippen molar-refractivity contribution in [1.82, 2.24) is 19.8 Å². The average Bonchev–Trinajstić information content (AvgIpc) is 3.36. The molecule has 7 heteroatoms. The number of thiophene rings is 1. The number of nitrogens with zero attached hydrogens (tertiary/aromatic N) is 3. The third-order valence-corrected chi connectivity index (χ3v) is 5.35. The quantitative estimate of drug-likeness (QED) is 0.737. The molecule has 1 N–H and O–H groups in total. The molecular formula is C18H20N4O2S. The van der Waals surface area contributed by atoms with Crippen molar-refractivity contribution in [3.05, 3.63) is 64.8 Å². The molecule has 1 aliphatic rings.